The van der Waals surface area contributed by atoms with Gasteiger partial charge in [-0.3, -0.25) is 0 Å². The van der Waals surface area contributed by atoms with E-state index in [1.165, 1.54) is 7.11 Å². The minimum absolute atomic E-state index is 0.0208. The number of ether oxygens (including phenoxy) is 1. The number of aryl methyl sites for hydroxylation is 2. The van der Waals surface area contributed by atoms with Gasteiger partial charge in [0.2, 0.25) is 0 Å². The van der Waals surface area contributed by atoms with Gasteiger partial charge < -0.3 is 9.84 Å². The minimum Gasteiger partial charge on any atom is -0.476 e. The van der Waals surface area contributed by atoms with Gasteiger partial charge in [0.05, 0.1) is 16.1 Å². The molecule has 0 spiro atoms. The van der Waals surface area contributed by atoms with E-state index in [4.69, 9.17) is 5.11 Å². The topological polar surface area (TPSA) is 89.4 Å². The number of aromatic carboxylic acids is 1. The summed E-state index contributed by atoms with van der Waals surface area (Å²) in [6.07, 6.45) is 0. The number of halogens is 4. The van der Waals surface area contributed by atoms with Crippen LogP contribution in [0.15, 0.2) is 30.3 Å². The summed E-state index contributed by atoms with van der Waals surface area (Å²) in [7, 11) is 1.32. The molecular weight excluding hydrogens is 592 g/mol. The average molecular weight is 604 g/mol. The van der Waals surface area contributed by atoms with Crippen LogP contribution < -0.4 is 0 Å². The lowest BCUT2D eigenvalue weighted by molar-refractivity contribution is 0.0591. The Kier molecular flexibility index (Phi) is 8.66. The summed E-state index contributed by atoms with van der Waals surface area (Å²) in [5.74, 6) is -1.49. The average Bonchev–Trinajstić information content (AvgIpc) is 2.54. The van der Waals surface area contributed by atoms with Crippen LogP contribution in [0.25, 0.3) is 0 Å². The number of carboxylic acid groups (broad SMARTS) is 1. The SMILES string of the molecule is COC(=O)c1nc(Br)c(C)cc1Br.Cc1cc(Br)c(C(=O)O)nc1Br. The molecule has 0 aromatic carbocycles. The molecule has 0 fully saturated rings. The van der Waals surface area contributed by atoms with Crippen LogP contribution in [-0.2, 0) is 4.74 Å². The summed E-state index contributed by atoms with van der Waals surface area (Å²) in [6, 6.07) is 3.52. The van der Waals surface area contributed by atoms with Gasteiger partial charge in [0, 0.05) is 0 Å². The Morgan fingerprint density at radius 2 is 1.32 bits per heavy atom. The Labute approximate surface area is 177 Å². The van der Waals surface area contributed by atoms with Gasteiger partial charge in [-0.2, -0.15) is 0 Å². The van der Waals surface area contributed by atoms with Gasteiger partial charge in [0.25, 0.3) is 0 Å². The van der Waals surface area contributed by atoms with Crippen LogP contribution in [0.3, 0.4) is 0 Å². The smallest absolute Gasteiger partial charge is 0.357 e. The summed E-state index contributed by atoms with van der Waals surface area (Å²) in [6.45, 7) is 3.73. The fourth-order valence-corrected chi connectivity index (χ4v) is 3.28. The summed E-state index contributed by atoms with van der Waals surface area (Å²) >= 11 is 12.7. The number of esters is 1. The highest BCUT2D eigenvalue weighted by molar-refractivity contribution is 9.11. The Morgan fingerprint density at radius 3 is 1.72 bits per heavy atom. The Hall–Kier alpha value is -0.840. The highest BCUT2D eigenvalue weighted by Gasteiger charge is 2.14. The molecule has 0 bridgehead atoms. The number of carboxylic acids is 1. The molecule has 0 saturated carbocycles. The van der Waals surface area contributed by atoms with E-state index in [2.05, 4.69) is 78.4 Å². The zero-order valence-corrected chi connectivity index (χ0v) is 19.6. The molecule has 0 amide bonds. The zero-order valence-electron chi connectivity index (χ0n) is 13.2. The van der Waals surface area contributed by atoms with Crippen LogP contribution in [0, 0.1) is 13.8 Å². The molecule has 134 valence electrons. The maximum atomic E-state index is 11.2. The molecule has 10 heteroatoms. The third-order valence-electron chi connectivity index (χ3n) is 2.79. The largest absolute Gasteiger partial charge is 0.476 e. The number of hydrogen-bond acceptors (Lipinski definition) is 5. The van der Waals surface area contributed by atoms with Crippen molar-refractivity contribution in [2.24, 2.45) is 0 Å². The van der Waals surface area contributed by atoms with Crippen molar-refractivity contribution in [2.75, 3.05) is 7.11 Å². The molecule has 0 saturated heterocycles. The molecule has 0 atom stereocenters. The number of aromatic nitrogens is 2. The molecule has 0 unspecified atom stereocenters. The van der Waals surface area contributed by atoms with Gasteiger partial charge in [-0.05, 0) is 101 Å². The van der Waals surface area contributed by atoms with Crippen molar-refractivity contribution in [2.45, 2.75) is 13.8 Å². The van der Waals surface area contributed by atoms with Gasteiger partial charge in [-0.1, -0.05) is 0 Å². The van der Waals surface area contributed by atoms with Gasteiger partial charge in [0.1, 0.15) is 9.21 Å². The summed E-state index contributed by atoms with van der Waals surface area (Å²) in [4.78, 5) is 29.6. The number of pyridine rings is 2. The lowest BCUT2D eigenvalue weighted by Crippen LogP contribution is -2.06. The Balaban J connectivity index is 0.000000251. The monoisotopic (exact) mass is 600 g/mol. The fraction of sp³-hybridized carbons (Fsp3) is 0.200. The van der Waals surface area contributed by atoms with E-state index in [0.29, 0.717) is 18.2 Å². The first-order chi connectivity index (χ1) is 11.6. The standard InChI is InChI=1S/C8H7Br2NO2.C7H5Br2NO2/c1-4-3-5(9)6(8(12)13-2)11-7(4)10;1-3-2-4(8)5(7(11)12)10-6(3)9/h3H,1-2H3;2H,1H3,(H,11,12). The van der Waals surface area contributed by atoms with E-state index < -0.39 is 11.9 Å². The van der Waals surface area contributed by atoms with Crippen molar-refractivity contribution in [1.29, 1.82) is 0 Å². The van der Waals surface area contributed by atoms with Crippen LogP contribution in [0.5, 0.6) is 0 Å². The third kappa shape index (κ3) is 6.12. The van der Waals surface area contributed by atoms with E-state index in [0.717, 1.165) is 11.1 Å². The summed E-state index contributed by atoms with van der Waals surface area (Å²) in [5, 5.41) is 8.67. The zero-order chi connectivity index (χ0) is 19.3. The second-order valence-corrected chi connectivity index (χ2v) is 7.86. The summed E-state index contributed by atoms with van der Waals surface area (Å²) in [5.41, 5.74) is 2.15. The molecular formula is C15H12Br4N2O4. The molecule has 2 aromatic heterocycles. The predicted octanol–water partition coefficient (Wildman–Crippen LogP) is 5.31. The third-order valence-corrected chi connectivity index (χ3v) is 5.61. The first-order valence-electron chi connectivity index (χ1n) is 6.55. The van der Waals surface area contributed by atoms with Gasteiger partial charge >= 0.3 is 11.9 Å². The van der Waals surface area contributed by atoms with Crippen molar-refractivity contribution in [3.63, 3.8) is 0 Å². The Morgan fingerprint density at radius 1 is 0.920 bits per heavy atom. The lowest BCUT2D eigenvalue weighted by Gasteiger charge is -2.03. The quantitative estimate of drug-likeness (QED) is 0.370. The van der Waals surface area contributed by atoms with E-state index >= 15 is 0 Å². The van der Waals surface area contributed by atoms with Gasteiger partial charge in [-0.15, -0.1) is 0 Å². The number of carbonyl (C=O) groups excluding carboxylic acids is 1. The van der Waals surface area contributed by atoms with E-state index in [9.17, 15) is 9.59 Å². The number of nitrogens with zero attached hydrogens (tertiary/aromatic N) is 2. The molecule has 0 aliphatic carbocycles. The maximum Gasteiger partial charge on any atom is 0.357 e. The van der Waals surface area contributed by atoms with Gasteiger partial charge in [0.15, 0.2) is 11.4 Å². The second kappa shape index (κ2) is 9.75. The number of hydrogen-bond donors (Lipinski definition) is 1. The highest BCUT2D eigenvalue weighted by atomic mass is 79.9. The molecule has 2 rings (SSSR count). The van der Waals surface area contributed by atoms with E-state index in [1.54, 1.807) is 6.07 Å². The highest BCUT2D eigenvalue weighted by Crippen LogP contribution is 2.23. The fourth-order valence-electron chi connectivity index (χ4n) is 1.51. The molecule has 25 heavy (non-hydrogen) atoms. The van der Waals surface area contributed by atoms with E-state index in [1.807, 2.05) is 19.9 Å². The van der Waals surface area contributed by atoms with Crippen LogP contribution in [0.2, 0.25) is 0 Å². The lowest BCUT2D eigenvalue weighted by atomic mass is 10.3. The molecule has 0 aliphatic rings. The molecule has 6 nitrogen and oxygen atoms in total. The molecule has 0 radical (unpaired) electrons. The first-order valence-corrected chi connectivity index (χ1v) is 9.72. The molecule has 1 N–H and O–H groups in total. The van der Waals surface area contributed by atoms with Crippen molar-refractivity contribution in [1.82, 2.24) is 9.97 Å². The molecule has 0 aliphatic heterocycles. The number of carbonyl (C=O) groups is 2. The normalized spacial score (nSPS) is 9.88. The maximum absolute atomic E-state index is 11.2. The minimum atomic E-state index is -1.04. The molecule has 2 aromatic rings. The first kappa shape index (κ1) is 22.2. The second-order valence-electron chi connectivity index (χ2n) is 4.65. The van der Waals surface area contributed by atoms with Crippen molar-refractivity contribution in [3.8, 4) is 0 Å². The Bertz CT molecular complexity index is 828. The van der Waals surface area contributed by atoms with Crippen LogP contribution in [0.1, 0.15) is 32.1 Å². The van der Waals surface area contributed by atoms with Crippen molar-refractivity contribution < 1.29 is 19.4 Å². The predicted molar refractivity (Wildman–Crippen MR) is 107 cm³/mol. The number of methoxy groups -OCH3 is 1. The van der Waals surface area contributed by atoms with E-state index in [-0.39, 0.29) is 11.4 Å². The van der Waals surface area contributed by atoms with Crippen molar-refractivity contribution in [3.05, 3.63) is 52.8 Å². The van der Waals surface area contributed by atoms with Crippen molar-refractivity contribution >= 4 is 75.7 Å². The van der Waals surface area contributed by atoms with Crippen LogP contribution >= 0.6 is 63.7 Å². The van der Waals surface area contributed by atoms with Crippen LogP contribution in [0.4, 0.5) is 0 Å². The number of rotatable bonds is 2. The van der Waals surface area contributed by atoms with Gasteiger partial charge in [-0.25, -0.2) is 19.6 Å². The van der Waals surface area contributed by atoms with Crippen LogP contribution in [-0.4, -0.2) is 34.1 Å². The molecule has 2 heterocycles. The summed E-state index contributed by atoms with van der Waals surface area (Å²) < 4.78 is 6.90.